The van der Waals surface area contributed by atoms with Gasteiger partial charge in [-0.25, -0.2) is 0 Å². The molecule has 4 N–H and O–H groups in total. The molecule has 0 saturated heterocycles. The smallest absolute Gasteiger partial charge is 0.0314 e. The van der Waals surface area contributed by atoms with E-state index in [0.29, 0.717) is 0 Å². The lowest BCUT2D eigenvalue weighted by Crippen LogP contribution is -1.85. The van der Waals surface area contributed by atoms with E-state index in [-0.39, 0.29) is 0 Å². The molecule has 0 saturated carbocycles. The molecule has 11 aromatic rings. The molecule has 0 amide bonds. The molecule has 0 aliphatic carbocycles. The van der Waals surface area contributed by atoms with E-state index in [4.69, 9.17) is 11.5 Å². The van der Waals surface area contributed by atoms with Crippen LogP contribution in [0.25, 0.3) is 66.1 Å². The van der Waals surface area contributed by atoms with Crippen molar-refractivity contribution in [2.75, 3.05) is 11.5 Å². The van der Waals surface area contributed by atoms with Gasteiger partial charge in [0.05, 0.1) is 0 Å². The molecule has 11 rings (SSSR count). The Morgan fingerprint density at radius 2 is 0.406 bits per heavy atom. The van der Waals surface area contributed by atoms with Crippen LogP contribution in [0.1, 0.15) is 0 Å². The van der Waals surface area contributed by atoms with Gasteiger partial charge in [-0.05, 0) is 90.3 Å². The zero-order valence-corrected chi connectivity index (χ0v) is 35.9. The molecule has 0 aromatic heterocycles. The van der Waals surface area contributed by atoms with Gasteiger partial charge < -0.3 is 11.5 Å². The minimum absolute atomic E-state index is 0.784. The molecular weight excluding hydrogens is 773 g/mol. The Labute approximate surface area is 378 Å². The number of nitrogens with two attached hydrogens (primary N) is 2. The van der Waals surface area contributed by atoms with E-state index < -0.39 is 0 Å². The van der Waals surface area contributed by atoms with Crippen molar-refractivity contribution in [3.8, 4) is 44.5 Å². The SMILES string of the molecule is Nc1ccc(-c2ccc(-c3ccc(N)cc3)cc2)cc1.c1ccc(-c2cccc3ccccc23)cc1.c1ccc(-c2cccc3ccccc23)cc1.c1ccccc1.c1ccccc1. The predicted molar refractivity (Wildman–Crippen MR) is 278 cm³/mol. The first-order valence-electron chi connectivity index (χ1n) is 21.5. The number of hydrogen-bond donors (Lipinski definition) is 2. The highest BCUT2D eigenvalue weighted by Crippen LogP contribution is 2.30. The van der Waals surface area contributed by atoms with Crippen LogP contribution in [-0.4, -0.2) is 0 Å². The van der Waals surface area contributed by atoms with Crippen molar-refractivity contribution in [3.63, 3.8) is 0 Å². The van der Waals surface area contributed by atoms with Gasteiger partial charge in [0.1, 0.15) is 0 Å². The molecular formula is C62H52N2. The van der Waals surface area contributed by atoms with Crippen LogP contribution < -0.4 is 11.5 Å². The van der Waals surface area contributed by atoms with Gasteiger partial charge in [-0.15, -0.1) is 0 Å². The Kier molecular flexibility index (Phi) is 16.0. The highest BCUT2D eigenvalue weighted by atomic mass is 14.5. The maximum Gasteiger partial charge on any atom is 0.0314 e. The molecule has 0 aliphatic rings. The number of nitrogen functional groups attached to an aromatic ring is 2. The fraction of sp³-hybridized carbons (Fsp3) is 0. The summed E-state index contributed by atoms with van der Waals surface area (Å²) in [6.45, 7) is 0. The number of rotatable bonds is 4. The van der Waals surface area contributed by atoms with E-state index >= 15 is 0 Å². The topological polar surface area (TPSA) is 52.0 Å². The normalized spacial score (nSPS) is 10.0. The maximum absolute atomic E-state index is 5.71. The van der Waals surface area contributed by atoms with E-state index in [1.165, 1.54) is 66.1 Å². The van der Waals surface area contributed by atoms with Crippen molar-refractivity contribution in [3.05, 3.63) is 291 Å². The Balaban J connectivity index is 0.000000127. The van der Waals surface area contributed by atoms with Crippen LogP contribution >= 0.6 is 0 Å². The van der Waals surface area contributed by atoms with Crippen LogP contribution in [0, 0.1) is 0 Å². The Morgan fingerprint density at radius 3 is 0.719 bits per heavy atom. The van der Waals surface area contributed by atoms with Crippen LogP contribution in [0.3, 0.4) is 0 Å². The summed E-state index contributed by atoms with van der Waals surface area (Å²) in [6, 6.07) is 99.3. The van der Waals surface area contributed by atoms with Gasteiger partial charge in [-0.1, -0.05) is 267 Å². The summed E-state index contributed by atoms with van der Waals surface area (Å²) in [4.78, 5) is 0. The highest BCUT2D eigenvalue weighted by molar-refractivity contribution is 5.97. The molecule has 11 aromatic carbocycles. The Morgan fingerprint density at radius 1 is 0.172 bits per heavy atom. The van der Waals surface area contributed by atoms with Crippen molar-refractivity contribution < 1.29 is 0 Å². The van der Waals surface area contributed by atoms with Crippen molar-refractivity contribution in [1.82, 2.24) is 0 Å². The highest BCUT2D eigenvalue weighted by Gasteiger charge is 2.03. The summed E-state index contributed by atoms with van der Waals surface area (Å²) in [5, 5.41) is 5.22. The molecule has 0 aliphatic heterocycles. The summed E-state index contributed by atoms with van der Waals surface area (Å²) >= 11 is 0. The van der Waals surface area contributed by atoms with Crippen molar-refractivity contribution >= 4 is 32.9 Å². The third kappa shape index (κ3) is 12.8. The molecule has 0 radical (unpaired) electrons. The van der Waals surface area contributed by atoms with E-state index in [1.807, 2.05) is 121 Å². The maximum atomic E-state index is 5.71. The second kappa shape index (κ2) is 23.5. The number of anilines is 2. The molecule has 0 spiro atoms. The third-order valence-electron chi connectivity index (χ3n) is 10.5. The Hall–Kier alpha value is -8.46. The van der Waals surface area contributed by atoms with E-state index in [1.54, 1.807) is 0 Å². The minimum atomic E-state index is 0.784. The van der Waals surface area contributed by atoms with Gasteiger partial charge >= 0.3 is 0 Å². The van der Waals surface area contributed by atoms with Gasteiger partial charge in [0, 0.05) is 11.4 Å². The number of hydrogen-bond acceptors (Lipinski definition) is 2. The second-order valence-electron chi connectivity index (χ2n) is 14.9. The van der Waals surface area contributed by atoms with Crippen molar-refractivity contribution in [2.24, 2.45) is 0 Å². The molecule has 0 unspecified atom stereocenters. The summed E-state index contributed by atoms with van der Waals surface area (Å²) in [7, 11) is 0. The van der Waals surface area contributed by atoms with Gasteiger partial charge in [0.25, 0.3) is 0 Å². The first-order valence-corrected chi connectivity index (χ1v) is 21.5. The van der Waals surface area contributed by atoms with Crippen LogP contribution in [-0.2, 0) is 0 Å². The number of benzene rings is 11. The lowest BCUT2D eigenvalue weighted by atomic mass is 9.98. The average molecular weight is 825 g/mol. The average Bonchev–Trinajstić information content (AvgIpc) is 3.39. The van der Waals surface area contributed by atoms with E-state index in [2.05, 4.69) is 170 Å². The van der Waals surface area contributed by atoms with Gasteiger partial charge in [-0.3, -0.25) is 0 Å². The third-order valence-corrected chi connectivity index (χ3v) is 10.5. The fourth-order valence-corrected chi connectivity index (χ4v) is 7.17. The van der Waals surface area contributed by atoms with Crippen LogP contribution in [0.15, 0.2) is 291 Å². The van der Waals surface area contributed by atoms with Crippen molar-refractivity contribution in [1.29, 1.82) is 0 Å². The molecule has 64 heavy (non-hydrogen) atoms. The second-order valence-corrected chi connectivity index (χ2v) is 14.9. The fourth-order valence-electron chi connectivity index (χ4n) is 7.17. The summed E-state index contributed by atoms with van der Waals surface area (Å²) < 4.78 is 0. The molecule has 0 fully saturated rings. The van der Waals surface area contributed by atoms with Gasteiger partial charge in [-0.2, -0.15) is 0 Å². The summed E-state index contributed by atoms with van der Waals surface area (Å²) in [6.07, 6.45) is 0. The van der Waals surface area contributed by atoms with Gasteiger partial charge in [0.2, 0.25) is 0 Å². The Bertz CT molecular complexity index is 2730. The summed E-state index contributed by atoms with van der Waals surface area (Å²) in [5.41, 5.74) is 22.9. The molecule has 2 heteroatoms. The summed E-state index contributed by atoms with van der Waals surface area (Å²) in [5.74, 6) is 0. The zero-order chi connectivity index (χ0) is 44.0. The van der Waals surface area contributed by atoms with E-state index in [0.717, 1.165) is 11.4 Å². The van der Waals surface area contributed by atoms with Crippen LogP contribution in [0.5, 0.6) is 0 Å². The lowest BCUT2D eigenvalue weighted by Gasteiger charge is -2.06. The quantitative estimate of drug-likeness (QED) is 0.174. The van der Waals surface area contributed by atoms with Crippen molar-refractivity contribution in [2.45, 2.75) is 0 Å². The van der Waals surface area contributed by atoms with Crippen LogP contribution in [0.2, 0.25) is 0 Å². The standard InChI is InChI=1S/C18H16N2.2C16H12.2C6H6/c19-17-9-5-15(6-10-17)13-1-2-14(4-3-13)16-7-11-18(20)12-8-16;2*1-2-7-13(8-3-1)16-12-6-10-14-9-4-5-11-15(14)16;2*1-2-4-6-5-3-1/h1-12H,19-20H2;2*1-12H;2*1-6H. The zero-order valence-electron chi connectivity index (χ0n) is 35.9. The van der Waals surface area contributed by atoms with E-state index in [9.17, 15) is 0 Å². The lowest BCUT2D eigenvalue weighted by molar-refractivity contribution is 1.58. The monoisotopic (exact) mass is 824 g/mol. The minimum Gasteiger partial charge on any atom is -0.399 e. The molecule has 0 heterocycles. The van der Waals surface area contributed by atoms with Crippen LogP contribution in [0.4, 0.5) is 11.4 Å². The first-order chi connectivity index (χ1) is 31.6. The van der Waals surface area contributed by atoms with Gasteiger partial charge in [0.15, 0.2) is 0 Å². The molecule has 0 bridgehead atoms. The largest absolute Gasteiger partial charge is 0.399 e. The molecule has 2 nitrogen and oxygen atoms in total. The predicted octanol–water partition coefficient (Wildman–Crippen LogP) is 16.6. The number of fused-ring (bicyclic) bond motifs is 2. The molecule has 0 atom stereocenters. The molecule has 310 valence electrons. The first kappa shape index (κ1) is 43.6.